The average molecular weight is 241 g/mol. The summed E-state index contributed by atoms with van der Waals surface area (Å²) in [5, 5.41) is 0. The summed E-state index contributed by atoms with van der Waals surface area (Å²) in [6.07, 6.45) is 6.40. The predicted molar refractivity (Wildman–Crippen MR) is 72.4 cm³/mol. The Labute approximate surface area is 108 Å². The molecule has 2 unspecified atom stereocenters. The van der Waals surface area contributed by atoms with Crippen LogP contribution in [0.4, 0.5) is 0 Å². The van der Waals surface area contributed by atoms with Crippen LogP contribution in [0.1, 0.15) is 48.1 Å². The van der Waals surface area contributed by atoms with Crippen LogP contribution in [0, 0.1) is 0 Å². The third-order valence-electron chi connectivity index (χ3n) is 3.94. The minimum Gasteiger partial charge on any atom is -0.468 e. The van der Waals surface area contributed by atoms with Crippen molar-refractivity contribution in [3.8, 4) is 0 Å². The van der Waals surface area contributed by atoms with Gasteiger partial charge in [0.2, 0.25) is 0 Å². The zero-order chi connectivity index (χ0) is 12.4. The van der Waals surface area contributed by atoms with Crippen molar-refractivity contribution in [3.63, 3.8) is 0 Å². The lowest BCUT2D eigenvalue weighted by Crippen LogP contribution is -2.17. The fraction of sp³-hybridized carbons (Fsp3) is 0.375. The standard InChI is InChI=1S/C16H19NO/c17-15(16-9-4-10-18-16)11-13-7-3-6-12-5-1-2-8-14(12)13/h1-2,4-5,8-10,13,15H,3,6-7,11,17H2. The van der Waals surface area contributed by atoms with E-state index in [4.69, 9.17) is 10.2 Å². The summed E-state index contributed by atoms with van der Waals surface area (Å²) in [4.78, 5) is 0. The largest absolute Gasteiger partial charge is 0.468 e. The van der Waals surface area contributed by atoms with E-state index in [0.717, 1.165) is 12.2 Å². The van der Waals surface area contributed by atoms with Crippen LogP contribution < -0.4 is 5.73 Å². The molecule has 0 fully saturated rings. The van der Waals surface area contributed by atoms with Gasteiger partial charge in [-0.3, -0.25) is 0 Å². The lowest BCUT2D eigenvalue weighted by molar-refractivity contribution is 0.410. The second-order valence-electron chi connectivity index (χ2n) is 5.15. The molecule has 0 saturated carbocycles. The first kappa shape index (κ1) is 11.5. The number of hydrogen-bond acceptors (Lipinski definition) is 2. The van der Waals surface area contributed by atoms with Crippen LogP contribution in [0.3, 0.4) is 0 Å². The molecule has 0 saturated heterocycles. The summed E-state index contributed by atoms with van der Waals surface area (Å²) < 4.78 is 5.40. The highest BCUT2D eigenvalue weighted by Gasteiger charge is 2.23. The number of rotatable bonds is 3. The third-order valence-corrected chi connectivity index (χ3v) is 3.94. The van der Waals surface area contributed by atoms with E-state index in [1.54, 1.807) is 6.26 Å². The van der Waals surface area contributed by atoms with E-state index in [9.17, 15) is 0 Å². The SMILES string of the molecule is NC(CC1CCCc2ccccc21)c1ccco1. The van der Waals surface area contributed by atoms with E-state index in [-0.39, 0.29) is 6.04 Å². The maximum atomic E-state index is 6.23. The fourth-order valence-electron chi connectivity index (χ4n) is 3.02. The van der Waals surface area contributed by atoms with E-state index < -0.39 is 0 Å². The van der Waals surface area contributed by atoms with Gasteiger partial charge in [0, 0.05) is 0 Å². The van der Waals surface area contributed by atoms with Crippen molar-refractivity contribution in [1.29, 1.82) is 0 Å². The number of furan rings is 1. The first-order valence-corrected chi connectivity index (χ1v) is 6.71. The van der Waals surface area contributed by atoms with E-state index >= 15 is 0 Å². The maximum Gasteiger partial charge on any atom is 0.120 e. The van der Waals surface area contributed by atoms with Gasteiger partial charge in [-0.2, -0.15) is 0 Å². The van der Waals surface area contributed by atoms with Gasteiger partial charge in [0.1, 0.15) is 5.76 Å². The highest BCUT2D eigenvalue weighted by atomic mass is 16.3. The molecule has 1 aliphatic rings. The maximum absolute atomic E-state index is 6.23. The number of fused-ring (bicyclic) bond motifs is 1. The molecule has 2 heteroatoms. The Morgan fingerprint density at radius 3 is 2.94 bits per heavy atom. The van der Waals surface area contributed by atoms with Gasteiger partial charge in [-0.15, -0.1) is 0 Å². The number of benzene rings is 1. The van der Waals surface area contributed by atoms with E-state index in [1.807, 2.05) is 12.1 Å². The minimum absolute atomic E-state index is 0.0103. The Hall–Kier alpha value is -1.54. The number of aryl methyl sites for hydroxylation is 1. The van der Waals surface area contributed by atoms with E-state index in [0.29, 0.717) is 5.92 Å². The molecular formula is C16H19NO. The predicted octanol–water partition coefficient (Wildman–Crippen LogP) is 3.79. The quantitative estimate of drug-likeness (QED) is 0.888. The Bertz CT molecular complexity index is 504. The van der Waals surface area contributed by atoms with Gasteiger partial charge in [-0.25, -0.2) is 0 Å². The van der Waals surface area contributed by atoms with Gasteiger partial charge >= 0.3 is 0 Å². The van der Waals surface area contributed by atoms with E-state index in [1.165, 1.54) is 30.4 Å². The summed E-state index contributed by atoms with van der Waals surface area (Å²) in [5.41, 5.74) is 9.23. The summed E-state index contributed by atoms with van der Waals surface area (Å²) >= 11 is 0. The second kappa shape index (κ2) is 4.99. The van der Waals surface area contributed by atoms with Crippen LogP contribution in [0.15, 0.2) is 47.1 Å². The highest BCUT2D eigenvalue weighted by Crippen LogP contribution is 2.36. The number of hydrogen-bond donors (Lipinski definition) is 1. The Morgan fingerprint density at radius 1 is 1.22 bits per heavy atom. The molecule has 1 aliphatic carbocycles. The Kier molecular flexibility index (Phi) is 3.20. The van der Waals surface area contributed by atoms with Gasteiger partial charge in [-0.1, -0.05) is 24.3 Å². The zero-order valence-electron chi connectivity index (χ0n) is 10.5. The van der Waals surface area contributed by atoms with Crippen LogP contribution in [0.5, 0.6) is 0 Å². The number of nitrogens with two attached hydrogens (primary N) is 1. The highest BCUT2D eigenvalue weighted by molar-refractivity contribution is 5.32. The molecule has 1 aromatic carbocycles. The van der Waals surface area contributed by atoms with Gasteiger partial charge < -0.3 is 10.2 Å². The minimum atomic E-state index is 0.0103. The van der Waals surface area contributed by atoms with Gasteiger partial charge in [0.25, 0.3) is 0 Å². The molecule has 18 heavy (non-hydrogen) atoms. The van der Waals surface area contributed by atoms with Crippen molar-refractivity contribution < 1.29 is 4.42 Å². The molecule has 3 rings (SSSR count). The molecule has 0 amide bonds. The lowest BCUT2D eigenvalue weighted by atomic mass is 9.79. The first-order valence-electron chi connectivity index (χ1n) is 6.71. The molecule has 2 aromatic rings. The topological polar surface area (TPSA) is 39.2 Å². The molecule has 0 aliphatic heterocycles. The molecule has 1 aromatic heterocycles. The molecule has 0 bridgehead atoms. The third kappa shape index (κ3) is 2.21. The van der Waals surface area contributed by atoms with Crippen molar-refractivity contribution in [3.05, 3.63) is 59.5 Å². The van der Waals surface area contributed by atoms with Crippen molar-refractivity contribution in [2.75, 3.05) is 0 Å². The van der Waals surface area contributed by atoms with Gasteiger partial charge in [0.15, 0.2) is 0 Å². The molecule has 2 N–H and O–H groups in total. The van der Waals surface area contributed by atoms with Crippen LogP contribution in [-0.2, 0) is 6.42 Å². The normalized spacial score (nSPS) is 20.4. The van der Waals surface area contributed by atoms with Crippen LogP contribution in [-0.4, -0.2) is 0 Å². The van der Waals surface area contributed by atoms with Crippen molar-refractivity contribution in [2.24, 2.45) is 5.73 Å². The average Bonchev–Trinajstić information content (AvgIpc) is 2.93. The molecule has 1 heterocycles. The smallest absolute Gasteiger partial charge is 0.120 e. The van der Waals surface area contributed by atoms with Crippen molar-refractivity contribution >= 4 is 0 Å². The van der Waals surface area contributed by atoms with Crippen molar-refractivity contribution in [1.82, 2.24) is 0 Å². The molecular weight excluding hydrogens is 222 g/mol. The van der Waals surface area contributed by atoms with Gasteiger partial charge in [0.05, 0.1) is 12.3 Å². The lowest BCUT2D eigenvalue weighted by Gasteiger charge is -2.27. The summed E-state index contributed by atoms with van der Waals surface area (Å²) in [7, 11) is 0. The van der Waals surface area contributed by atoms with Crippen molar-refractivity contribution in [2.45, 2.75) is 37.6 Å². The van der Waals surface area contributed by atoms with Crippen LogP contribution >= 0.6 is 0 Å². The zero-order valence-corrected chi connectivity index (χ0v) is 10.5. The molecule has 0 spiro atoms. The molecule has 94 valence electrons. The van der Waals surface area contributed by atoms with Crippen LogP contribution in [0.25, 0.3) is 0 Å². The Balaban J connectivity index is 1.78. The van der Waals surface area contributed by atoms with Crippen LogP contribution in [0.2, 0.25) is 0 Å². The fourth-order valence-corrected chi connectivity index (χ4v) is 3.02. The summed E-state index contributed by atoms with van der Waals surface area (Å²) in [5.74, 6) is 1.48. The van der Waals surface area contributed by atoms with E-state index in [2.05, 4.69) is 24.3 Å². The Morgan fingerprint density at radius 2 is 2.11 bits per heavy atom. The van der Waals surface area contributed by atoms with Gasteiger partial charge in [-0.05, 0) is 54.9 Å². The molecule has 2 atom stereocenters. The summed E-state index contributed by atoms with van der Waals surface area (Å²) in [6, 6.07) is 12.7. The summed E-state index contributed by atoms with van der Waals surface area (Å²) in [6.45, 7) is 0. The monoisotopic (exact) mass is 241 g/mol. The molecule has 2 nitrogen and oxygen atoms in total. The first-order chi connectivity index (χ1) is 8.84. The second-order valence-corrected chi connectivity index (χ2v) is 5.15. The molecule has 0 radical (unpaired) electrons.